The van der Waals surface area contributed by atoms with Crippen LogP contribution >= 0.6 is 7.92 Å². The van der Waals surface area contributed by atoms with Gasteiger partial charge in [0.25, 0.3) is 0 Å². The molecule has 0 aliphatic heterocycles. The molecule has 0 bridgehead atoms. The topological polar surface area (TPSA) is 0 Å². The van der Waals surface area contributed by atoms with Gasteiger partial charge >= 0.3 is 0 Å². The molecule has 158 valence electrons. The Labute approximate surface area is 181 Å². The molecule has 0 saturated carbocycles. The molecule has 0 unspecified atom stereocenters. The predicted molar refractivity (Wildman–Crippen MR) is 134 cm³/mol. The van der Waals surface area contributed by atoms with Crippen LogP contribution in [0.1, 0.15) is 73.6 Å². The van der Waals surface area contributed by atoms with E-state index in [9.17, 15) is 0 Å². The summed E-state index contributed by atoms with van der Waals surface area (Å²) in [4.78, 5) is 0. The third-order valence-electron chi connectivity index (χ3n) is 6.37. The summed E-state index contributed by atoms with van der Waals surface area (Å²) in [7, 11) is -0.365. The standard InChI is InChI=1S/C28H41P/c1-7-27(3,4)21-15-16-24(22-28(5,6)8-2)23-29(25-17-11-9-12-18-25)26-19-13-10-14-20-26/h9-14,16-20H,7-8,15,21-23H2,1-6H3/b24-16-. The van der Waals surface area contributed by atoms with Crippen molar-refractivity contribution in [3.05, 3.63) is 72.3 Å². The Morgan fingerprint density at radius 2 is 1.24 bits per heavy atom. The van der Waals surface area contributed by atoms with Crippen molar-refractivity contribution in [2.24, 2.45) is 10.8 Å². The van der Waals surface area contributed by atoms with Crippen molar-refractivity contribution < 1.29 is 0 Å². The van der Waals surface area contributed by atoms with Gasteiger partial charge in [-0.3, -0.25) is 0 Å². The van der Waals surface area contributed by atoms with Gasteiger partial charge in [-0.05, 0) is 54.8 Å². The summed E-state index contributed by atoms with van der Waals surface area (Å²) in [6, 6.07) is 22.3. The molecule has 0 N–H and O–H groups in total. The molecule has 2 aromatic carbocycles. The van der Waals surface area contributed by atoms with Crippen molar-refractivity contribution in [2.75, 3.05) is 6.16 Å². The van der Waals surface area contributed by atoms with E-state index < -0.39 is 0 Å². The predicted octanol–water partition coefficient (Wildman–Crippen LogP) is 8.09. The average molecular weight is 409 g/mol. The van der Waals surface area contributed by atoms with Crippen molar-refractivity contribution in [3.8, 4) is 0 Å². The molecule has 0 amide bonds. The van der Waals surface area contributed by atoms with E-state index in [1.807, 2.05) is 0 Å². The zero-order valence-corrected chi connectivity index (χ0v) is 20.4. The summed E-state index contributed by atoms with van der Waals surface area (Å²) in [5.41, 5.74) is 2.45. The molecule has 29 heavy (non-hydrogen) atoms. The minimum absolute atomic E-state index is 0.362. The van der Waals surface area contributed by atoms with Gasteiger partial charge in [0.2, 0.25) is 0 Å². The highest BCUT2D eigenvalue weighted by Gasteiger charge is 2.22. The number of hydrogen-bond acceptors (Lipinski definition) is 0. The van der Waals surface area contributed by atoms with Crippen LogP contribution in [0, 0.1) is 10.8 Å². The first-order valence-corrected chi connectivity index (χ1v) is 12.8. The monoisotopic (exact) mass is 408 g/mol. The zero-order chi connectivity index (χ0) is 21.3. The second-order valence-electron chi connectivity index (χ2n) is 9.87. The molecule has 0 spiro atoms. The minimum Gasteiger partial charge on any atom is -0.0849 e. The van der Waals surface area contributed by atoms with Gasteiger partial charge in [-0.25, -0.2) is 0 Å². The normalized spacial score (nSPS) is 13.1. The number of benzene rings is 2. The van der Waals surface area contributed by atoms with Crippen LogP contribution in [-0.2, 0) is 0 Å². The van der Waals surface area contributed by atoms with Gasteiger partial charge < -0.3 is 0 Å². The quantitative estimate of drug-likeness (QED) is 0.260. The van der Waals surface area contributed by atoms with Crippen molar-refractivity contribution >= 4 is 18.5 Å². The Morgan fingerprint density at radius 1 is 0.759 bits per heavy atom. The van der Waals surface area contributed by atoms with Crippen LogP contribution in [0.15, 0.2) is 72.3 Å². The highest BCUT2D eigenvalue weighted by atomic mass is 31.1. The van der Waals surface area contributed by atoms with Crippen LogP contribution in [-0.4, -0.2) is 6.16 Å². The molecular weight excluding hydrogens is 367 g/mol. The lowest BCUT2D eigenvalue weighted by atomic mass is 9.82. The molecule has 0 atom stereocenters. The molecule has 0 heterocycles. The van der Waals surface area contributed by atoms with Crippen molar-refractivity contribution in [1.29, 1.82) is 0 Å². The fraction of sp³-hybridized carbons (Fsp3) is 0.500. The summed E-state index contributed by atoms with van der Waals surface area (Å²) in [5.74, 6) is 0. The smallest absolute Gasteiger partial charge is 0.00337 e. The van der Waals surface area contributed by atoms with Crippen LogP contribution in [0.25, 0.3) is 0 Å². The Hall–Kier alpha value is -1.39. The van der Waals surface area contributed by atoms with Crippen LogP contribution < -0.4 is 10.6 Å². The summed E-state index contributed by atoms with van der Waals surface area (Å²) >= 11 is 0. The number of rotatable bonds is 11. The summed E-state index contributed by atoms with van der Waals surface area (Å²) < 4.78 is 0. The molecule has 1 heteroatoms. The summed E-state index contributed by atoms with van der Waals surface area (Å²) in [5, 5.41) is 2.98. The third kappa shape index (κ3) is 8.10. The second kappa shape index (κ2) is 11.1. The van der Waals surface area contributed by atoms with E-state index in [4.69, 9.17) is 0 Å². The molecule has 2 aromatic rings. The fourth-order valence-corrected chi connectivity index (χ4v) is 5.90. The molecule has 0 aliphatic carbocycles. The Balaban J connectivity index is 2.31. The number of allylic oxidation sites excluding steroid dienone is 2. The van der Waals surface area contributed by atoms with Gasteiger partial charge in [0.15, 0.2) is 0 Å². The van der Waals surface area contributed by atoms with E-state index in [1.54, 1.807) is 5.57 Å². The molecule has 0 radical (unpaired) electrons. The highest BCUT2D eigenvalue weighted by molar-refractivity contribution is 7.73. The first-order chi connectivity index (χ1) is 13.8. The van der Waals surface area contributed by atoms with E-state index in [2.05, 4.69) is 108 Å². The lowest BCUT2D eigenvalue weighted by Gasteiger charge is -2.28. The van der Waals surface area contributed by atoms with Crippen molar-refractivity contribution in [1.82, 2.24) is 0 Å². The highest BCUT2D eigenvalue weighted by Crippen LogP contribution is 2.40. The largest absolute Gasteiger partial charge is 0.0849 e. The maximum Gasteiger partial charge on any atom is -0.00337 e. The van der Waals surface area contributed by atoms with Crippen LogP contribution in [0.3, 0.4) is 0 Å². The van der Waals surface area contributed by atoms with Crippen LogP contribution in [0.4, 0.5) is 0 Å². The first-order valence-electron chi connectivity index (χ1n) is 11.3. The lowest BCUT2D eigenvalue weighted by Crippen LogP contribution is -2.18. The van der Waals surface area contributed by atoms with E-state index in [-0.39, 0.29) is 7.92 Å². The Kier molecular flexibility index (Phi) is 9.16. The third-order valence-corrected chi connectivity index (χ3v) is 8.94. The Morgan fingerprint density at radius 3 is 1.69 bits per heavy atom. The SMILES string of the molecule is CCC(C)(C)CC/C=C(\CP(c1ccccc1)c1ccccc1)CC(C)(C)CC. The molecule has 0 aromatic heterocycles. The van der Waals surface area contributed by atoms with E-state index in [0.29, 0.717) is 10.8 Å². The molecule has 0 aliphatic rings. The van der Waals surface area contributed by atoms with Crippen molar-refractivity contribution in [2.45, 2.75) is 73.6 Å². The van der Waals surface area contributed by atoms with Crippen molar-refractivity contribution in [3.63, 3.8) is 0 Å². The van der Waals surface area contributed by atoms with E-state index in [0.717, 1.165) is 0 Å². The first kappa shape index (κ1) is 23.9. The van der Waals surface area contributed by atoms with E-state index >= 15 is 0 Å². The maximum absolute atomic E-state index is 2.59. The molecule has 0 nitrogen and oxygen atoms in total. The van der Waals surface area contributed by atoms with E-state index in [1.165, 1.54) is 48.9 Å². The second-order valence-corrected chi connectivity index (χ2v) is 12.1. The number of hydrogen-bond donors (Lipinski definition) is 0. The lowest BCUT2D eigenvalue weighted by molar-refractivity contribution is 0.323. The maximum atomic E-state index is 2.59. The van der Waals surface area contributed by atoms with Gasteiger partial charge in [-0.2, -0.15) is 0 Å². The molecule has 0 saturated heterocycles. The molecular formula is C28H41P. The van der Waals surface area contributed by atoms with Crippen LogP contribution in [0.5, 0.6) is 0 Å². The molecule has 2 rings (SSSR count). The molecule has 0 fully saturated rings. The van der Waals surface area contributed by atoms with Gasteiger partial charge in [0, 0.05) is 0 Å². The van der Waals surface area contributed by atoms with Gasteiger partial charge in [0.05, 0.1) is 0 Å². The Bertz CT molecular complexity index is 701. The van der Waals surface area contributed by atoms with Gasteiger partial charge in [-0.1, -0.05) is 127 Å². The summed E-state index contributed by atoms with van der Waals surface area (Å²) in [6.07, 6.45) is 9.91. The zero-order valence-electron chi connectivity index (χ0n) is 19.5. The fourth-order valence-electron chi connectivity index (χ4n) is 3.53. The van der Waals surface area contributed by atoms with Gasteiger partial charge in [-0.15, -0.1) is 0 Å². The summed E-state index contributed by atoms with van der Waals surface area (Å²) in [6.45, 7) is 14.3. The van der Waals surface area contributed by atoms with Gasteiger partial charge in [0.1, 0.15) is 0 Å². The minimum atomic E-state index is -0.365. The average Bonchev–Trinajstić information content (AvgIpc) is 2.72. The van der Waals surface area contributed by atoms with Crippen LogP contribution in [0.2, 0.25) is 0 Å².